The third kappa shape index (κ3) is 4.52. The van der Waals surface area contributed by atoms with Gasteiger partial charge in [-0.2, -0.15) is 0 Å². The van der Waals surface area contributed by atoms with E-state index in [-0.39, 0.29) is 0 Å². The van der Waals surface area contributed by atoms with Gasteiger partial charge in [0, 0.05) is 11.1 Å². The Morgan fingerprint density at radius 3 is 1.32 bits per heavy atom. The molecule has 0 aliphatic heterocycles. The Kier molecular flexibility index (Phi) is 6.57. The van der Waals surface area contributed by atoms with E-state index in [0.29, 0.717) is 0 Å². The van der Waals surface area contributed by atoms with Gasteiger partial charge in [-0.15, -0.1) is 0 Å². The Morgan fingerprint density at radius 1 is 0.260 bits per heavy atom. The van der Waals surface area contributed by atoms with E-state index in [2.05, 4.69) is 188 Å². The summed E-state index contributed by atoms with van der Waals surface area (Å²) in [5.74, 6) is 0. The van der Waals surface area contributed by atoms with Crippen LogP contribution in [0.15, 0.2) is 188 Å². The molecule has 0 fully saturated rings. The average Bonchev–Trinajstić information content (AvgIpc) is 3.32. The SMILES string of the molecule is c1ccc(-c2cc(-c3ccc(-c4c5ccccc5c5c6c(cccc46)-c4ccccc4-c4ccccc4-5)cc3)cc(-c3ccccc3)n2)cc1. The highest BCUT2D eigenvalue weighted by Gasteiger charge is 2.25. The molecule has 10 rings (SSSR count). The first-order valence-corrected chi connectivity index (χ1v) is 17.2. The van der Waals surface area contributed by atoms with Crippen LogP contribution in [0.3, 0.4) is 0 Å². The fourth-order valence-corrected chi connectivity index (χ4v) is 7.97. The van der Waals surface area contributed by atoms with E-state index in [1.165, 1.54) is 66.1 Å². The maximum absolute atomic E-state index is 5.10. The van der Waals surface area contributed by atoms with Gasteiger partial charge in [0.05, 0.1) is 11.4 Å². The molecule has 1 aliphatic carbocycles. The molecule has 0 radical (unpaired) electrons. The third-order valence-corrected chi connectivity index (χ3v) is 10.2. The minimum absolute atomic E-state index is 0.970. The molecule has 1 aromatic heterocycles. The highest BCUT2D eigenvalue weighted by Crippen LogP contribution is 2.52. The lowest BCUT2D eigenvalue weighted by Crippen LogP contribution is -1.93. The van der Waals surface area contributed by atoms with Crippen molar-refractivity contribution >= 4 is 21.5 Å². The van der Waals surface area contributed by atoms with E-state index >= 15 is 0 Å². The summed E-state index contributed by atoms with van der Waals surface area (Å²) in [7, 11) is 0. The summed E-state index contributed by atoms with van der Waals surface area (Å²) in [5.41, 5.74) is 16.7. The van der Waals surface area contributed by atoms with Crippen molar-refractivity contribution in [3.05, 3.63) is 188 Å². The number of hydrogen-bond acceptors (Lipinski definition) is 1. The van der Waals surface area contributed by atoms with Gasteiger partial charge < -0.3 is 0 Å². The Morgan fingerprint density at radius 2 is 0.700 bits per heavy atom. The normalized spacial score (nSPS) is 11.6. The van der Waals surface area contributed by atoms with Crippen LogP contribution in [-0.4, -0.2) is 4.98 Å². The Hall–Kier alpha value is -6.57. The smallest absolute Gasteiger partial charge is 0.0715 e. The van der Waals surface area contributed by atoms with Gasteiger partial charge in [0.25, 0.3) is 0 Å². The molecule has 0 unspecified atom stereocenters. The number of fused-ring (bicyclic) bond motifs is 7. The topological polar surface area (TPSA) is 12.9 Å². The number of hydrogen-bond donors (Lipinski definition) is 0. The number of pyridine rings is 1. The zero-order valence-corrected chi connectivity index (χ0v) is 27.3. The molecule has 50 heavy (non-hydrogen) atoms. The molecule has 0 atom stereocenters. The van der Waals surface area contributed by atoms with Gasteiger partial charge in [0.15, 0.2) is 0 Å². The molecule has 232 valence electrons. The first-order chi connectivity index (χ1) is 24.8. The molecule has 0 N–H and O–H groups in total. The number of aromatic nitrogens is 1. The van der Waals surface area contributed by atoms with Crippen LogP contribution in [0.4, 0.5) is 0 Å². The molecule has 0 saturated carbocycles. The summed E-state index contributed by atoms with van der Waals surface area (Å²) in [6.07, 6.45) is 0. The molecule has 0 amide bonds. The van der Waals surface area contributed by atoms with Gasteiger partial charge in [-0.3, -0.25) is 0 Å². The van der Waals surface area contributed by atoms with Crippen molar-refractivity contribution in [3.8, 4) is 78.1 Å². The van der Waals surface area contributed by atoms with E-state index in [1.807, 2.05) is 0 Å². The van der Waals surface area contributed by atoms with Gasteiger partial charge in [-0.1, -0.05) is 176 Å². The maximum atomic E-state index is 5.10. The van der Waals surface area contributed by atoms with Crippen molar-refractivity contribution < 1.29 is 0 Å². The van der Waals surface area contributed by atoms with Gasteiger partial charge in [-0.05, 0) is 89.3 Å². The Bertz CT molecular complexity index is 2670. The summed E-state index contributed by atoms with van der Waals surface area (Å²) in [6.45, 7) is 0. The fraction of sp³-hybridized carbons (Fsp3) is 0. The Labute approximate surface area is 291 Å². The molecule has 1 heteroatoms. The second-order valence-corrected chi connectivity index (χ2v) is 13.1. The highest BCUT2D eigenvalue weighted by molar-refractivity contribution is 6.27. The number of nitrogens with zero attached hydrogens (tertiary/aromatic N) is 1. The minimum atomic E-state index is 0.970. The zero-order chi connectivity index (χ0) is 33.0. The molecule has 1 nitrogen and oxygen atoms in total. The molecular weight excluding hydrogens is 603 g/mol. The standard InChI is InChI=1S/C49H31N/c1-3-14-33(15-4-1)45-30-36(31-46(50-45)34-16-5-2-6-17-34)32-26-28-35(29-27-32)47-42-22-11-12-23-43(42)48-40-21-10-9-20-38(40)37-18-7-8-19-39(37)41-24-13-25-44(47)49(41)48/h1-31H. The van der Waals surface area contributed by atoms with Gasteiger partial charge >= 0.3 is 0 Å². The average molecular weight is 634 g/mol. The Balaban J connectivity index is 1.20. The van der Waals surface area contributed by atoms with Crippen molar-refractivity contribution in [2.24, 2.45) is 0 Å². The lowest BCUT2D eigenvalue weighted by Gasteiger charge is -2.19. The van der Waals surface area contributed by atoms with Crippen LogP contribution in [-0.2, 0) is 0 Å². The summed E-state index contributed by atoms with van der Waals surface area (Å²) in [4.78, 5) is 5.10. The molecule has 0 bridgehead atoms. The van der Waals surface area contributed by atoms with Gasteiger partial charge in [0.1, 0.15) is 0 Å². The predicted octanol–water partition coefficient (Wildman–Crippen LogP) is 13.4. The van der Waals surface area contributed by atoms with Crippen LogP contribution in [0.5, 0.6) is 0 Å². The quantitative estimate of drug-likeness (QED) is 0.176. The number of benzene rings is 8. The van der Waals surface area contributed by atoms with Gasteiger partial charge in [0.2, 0.25) is 0 Å². The van der Waals surface area contributed by atoms with Gasteiger partial charge in [-0.25, -0.2) is 4.98 Å². The monoisotopic (exact) mass is 633 g/mol. The van der Waals surface area contributed by atoms with Crippen LogP contribution in [0.25, 0.3) is 99.7 Å². The molecule has 1 heterocycles. The summed E-state index contributed by atoms with van der Waals surface area (Å²) in [5, 5.41) is 5.14. The molecule has 0 saturated heterocycles. The first kappa shape index (κ1) is 28.4. The third-order valence-electron chi connectivity index (χ3n) is 10.2. The van der Waals surface area contributed by atoms with E-state index in [1.54, 1.807) is 0 Å². The van der Waals surface area contributed by atoms with Crippen LogP contribution in [0, 0.1) is 0 Å². The van der Waals surface area contributed by atoms with Crippen molar-refractivity contribution in [1.82, 2.24) is 4.98 Å². The summed E-state index contributed by atoms with van der Waals surface area (Å²) < 4.78 is 0. The minimum Gasteiger partial charge on any atom is -0.248 e. The molecule has 8 aromatic carbocycles. The summed E-state index contributed by atoms with van der Waals surface area (Å²) in [6, 6.07) is 68.1. The largest absolute Gasteiger partial charge is 0.248 e. The second kappa shape index (κ2) is 11.5. The lowest BCUT2D eigenvalue weighted by atomic mass is 9.84. The second-order valence-electron chi connectivity index (χ2n) is 13.1. The molecule has 9 aromatic rings. The van der Waals surface area contributed by atoms with Crippen molar-refractivity contribution in [1.29, 1.82) is 0 Å². The highest BCUT2D eigenvalue weighted by atomic mass is 14.7. The first-order valence-electron chi connectivity index (χ1n) is 17.2. The summed E-state index contributed by atoms with van der Waals surface area (Å²) >= 11 is 0. The van der Waals surface area contributed by atoms with Crippen molar-refractivity contribution in [2.75, 3.05) is 0 Å². The molecular formula is C49H31N. The number of rotatable bonds is 4. The van der Waals surface area contributed by atoms with E-state index in [9.17, 15) is 0 Å². The van der Waals surface area contributed by atoms with E-state index < -0.39 is 0 Å². The molecule has 0 spiro atoms. The fourth-order valence-electron chi connectivity index (χ4n) is 7.97. The van der Waals surface area contributed by atoms with Crippen LogP contribution < -0.4 is 0 Å². The van der Waals surface area contributed by atoms with Crippen molar-refractivity contribution in [2.45, 2.75) is 0 Å². The van der Waals surface area contributed by atoms with Crippen LogP contribution >= 0.6 is 0 Å². The molecule has 1 aliphatic rings. The van der Waals surface area contributed by atoms with E-state index in [4.69, 9.17) is 4.98 Å². The lowest BCUT2D eigenvalue weighted by molar-refractivity contribution is 1.32. The zero-order valence-electron chi connectivity index (χ0n) is 27.3. The van der Waals surface area contributed by atoms with Crippen LogP contribution in [0.1, 0.15) is 0 Å². The van der Waals surface area contributed by atoms with E-state index in [0.717, 1.165) is 33.6 Å². The maximum Gasteiger partial charge on any atom is 0.0715 e. The predicted molar refractivity (Wildman–Crippen MR) is 211 cm³/mol. The van der Waals surface area contributed by atoms with Crippen LogP contribution in [0.2, 0.25) is 0 Å². The van der Waals surface area contributed by atoms with Crippen molar-refractivity contribution in [3.63, 3.8) is 0 Å².